The molecule has 31 heavy (non-hydrogen) atoms. The first kappa shape index (κ1) is 25.1. The molecule has 9 heteroatoms. The van der Waals surface area contributed by atoms with E-state index in [2.05, 4.69) is 0 Å². The van der Waals surface area contributed by atoms with Gasteiger partial charge in [0, 0.05) is 5.75 Å². The van der Waals surface area contributed by atoms with Crippen LogP contribution in [0.15, 0.2) is 27.4 Å². The van der Waals surface area contributed by atoms with E-state index in [-0.39, 0.29) is 29.1 Å². The first-order valence-corrected chi connectivity index (χ1v) is 11.3. The quantitative estimate of drug-likeness (QED) is 0.189. The molecule has 2 aromatic rings. The zero-order valence-electron chi connectivity index (χ0n) is 17.5. The van der Waals surface area contributed by atoms with Gasteiger partial charge < -0.3 is 13.9 Å². The average Bonchev–Trinajstić information content (AvgIpc) is 2.72. The second kappa shape index (κ2) is 12.6. The van der Waals surface area contributed by atoms with E-state index >= 15 is 0 Å². The number of methoxy groups -OCH3 is 1. The van der Waals surface area contributed by atoms with Gasteiger partial charge in [-0.05, 0) is 25.0 Å². The number of hydrogen-bond acceptors (Lipinski definition) is 6. The van der Waals surface area contributed by atoms with E-state index in [1.54, 1.807) is 0 Å². The first-order valence-electron chi connectivity index (χ1n) is 10.3. The Morgan fingerprint density at radius 3 is 2.26 bits per heavy atom. The second-order valence-electron chi connectivity index (χ2n) is 7.09. The molecule has 0 aliphatic carbocycles. The Labute approximate surface area is 183 Å². The highest BCUT2D eigenvalue weighted by atomic mass is 32.2. The molecule has 0 spiro atoms. The van der Waals surface area contributed by atoms with E-state index in [4.69, 9.17) is 13.9 Å². The maximum Gasteiger partial charge on any atom is 0.417 e. The molecule has 0 fully saturated rings. The van der Waals surface area contributed by atoms with Gasteiger partial charge in [-0.15, -0.1) is 0 Å². The fourth-order valence-corrected chi connectivity index (χ4v) is 3.77. The van der Waals surface area contributed by atoms with Gasteiger partial charge in [0.05, 0.1) is 30.7 Å². The van der Waals surface area contributed by atoms with Crippen molar-refractivity contribution in [3.8, 4) is 11.5 Å². The Kier molecular flexibility index (Phi) is 10.2. The van der Waals surface area contributed by atoms with Gasteiger partial charge in [-0.1, -0.05) is 50.3 Å². The number of carbonyl (C=O) groups is 1. The summed E-state index contributed by atoms with van der Waals surface area (Å²) in [5, 5.41) is -0.306. The van der Waals surface area contributed by atoms with Crippen LogP contribution in [-0.2, 0) is 11.0 Å². The third kappa shape index (κ3) is 7.79. The van der Waals surface area contributed by atoms with Crippen molar-refractivity contribution in [3.63, 3.8) is 0 Å². The number of halogens is 3. The number of thioether (sulfide) groups is 1. The minimum absolute atomic E-state index is 0.0373. The van der Waals surface area contributed by atoms with Gasteiger partial charge in [-0.3, -0.25) is 4.79 Å². The average molecular weight is 461 g/mol. The molecule has 0 amide bonds. The number of unbranched alkanes of at least 4 members (excludes halogenated alkanes) is 7. The predicted molar refractivity (Wildman–Crippen MR) is 116 cm³/mol. The van der Waals surface area contributed by atoms with Crippen molar-refractivity contribution in [1.82, 2.24) is 0 Å². The highest BCUT2D eigenvalue weighted by Gasteiger charge is 2.35. The molecule has 0 bridgehead atoms. The fourth-order valence-electron chi connectivity index (χ4n) is 3.31. The zero-order chi connectivity index (χ0) is 22.7. The molecular weight excluding hydrogens is 433 g/mol. The van der Waals surface area contributed by atoms with E-state index in [9.17, 15) is 22.8 Å². The molecule has 5 nitrogen and oxygen atoms in total. The van der Waals surface area contributed by atoms with Crippen molar-refractivity contribution in [2.45, 2.75) is 57.5 Å². The Morgan fingerprint density at radius 1 is 1.00 bits per heavy atom. The van der Waals surface area contributed by atoms with Crippen LogP contribution >= 0.6 is 11.8 Å². The maximum atomic E-state index is 13.5. The topological polar surface area (TPSA) is 65.7 Å². The van der Waals surface area contributed by atoms with Gasteiger partial charge in [0.1, 0.15) is 5.75 Å². The summed E-state index contributed by atoms with van der Waals surface area (Å²) in [4.78, 5) is 22.1. The number of fused-ring (bicyclic) bond motifs is 1. The standard InChI is InChI=1S/C22H27F3O5S/c1-28-17-11-10-16(22(23,24)25)20-18(14-19(27)30-21(17)20)29-12-8-6-4-2-3-5-7-9-13-31-15-26/h10-11,14-15H,2-9,12-13H2,1H3. The molecule has 172 valence electrons. The predicted octanol–water partition coefficient (Wildman–Crippen LogP) is 6.24. The van der Waals surface area contributed by atoms with E-state index < -0.39 is 17.4 Å². The lowest BCUT2D eigenvalue weighted by atomic mass is 10.1. The van der Waals surface area contributed by atoms with E-state index in [0.29, 0.717) is 6.42 Å². The summed E-state index contributed by atoms with van der Waals surface area (Å²) < 4.78 is 56.1. The lowest BCUT2D eigenvalue weighted by Gasteiger charge is -2.15. The van der Waals surface area contributed by atoms with Crippen LogP contribution in [0.1, 0.15) is 56.9 Å². The largest absolute Gasteiger partial charge is 0.493 e. The van der Waals surface area contributed by atoms with Gasteiger partial charge in [0.15, 0.2) is 17.0 Å². The highest BCUT2D eigenvalue weighted by Crippen LogP contribution is 2.41. The van der Waals surface area contributed by atoms with Crippen molar-refractivity contribution in [2.24, 2.45) is 0 Å². The molecule has 0 unspecified atom stereocenters. The third-order valence-corrected chi connectivity index (χ3v) is 5.49. The minimum atomic E-state index is -4.63. The van der Waals surface area contributed by atoms with Crippen molar-refractivity contribution < 1.29 is 31.9 Å². The molecule has 0 aliphatic rings. The molecular formula is C22H27F3O5S. The lowest BCUT2D eigenvalue weighted by molar-refractivity contribution is -0.136. The van der Waals surface area contributed by atoms with Crippen LogP contribution in [0.5, 0.6) is 11.5 Å². The van der Waals surface area contributed by atoms with Crippen molar-refractivity contribution >= 4 is 28.3 Å². The highest BCUT2D eigenvalue weighted by molar-refractivity contribution is 8.11. The normalized spacial score (nSPS) is 11.6. The fraction of sp³-hybridized carbons (Fsp3) is 0.545. The monoisotopic (exact) mass is 460 g/mol. The summed E-state index contributed by atoms with van der Waals surface area (Å²) in [5.41, 5.74) is -1.14. The van der Waals surface area contributed by atoms with Crippen LogP contribution in [0, 0.1) is 0 Å². The van der Waals surface area contributed by atoms with Crippen LogP contribution in [0.25, 0.3) is 11.0 Å². The molecule has 0 aliphatic heterocycles. The van der Waals surface area contributed by atoms with E-state index in [1.807, 2.05) is 0 Å². The first-order chi connectivity index (χ1) is 14.9. The lowest BCUT2D eigenvalue weighted by Crippen LogP contribution is -2.10. The van der Waals surface area contributed by atoms with Gasteiger partial charge in [0.25, 0.3) is 0 Å². The van der Waals surface area contributed by atoms with E-state index in [0.717, 1.165) is 74.5 Å². The number of ether oxygens (including phenoxy) is 2. The Hall–Kier alpha value is -2.16. The Balaban J connectivity index is 1.89. The van der Waals surface area contributed by atoms with Crippen molar-refractivity contribution in [3.05, 3.63) is 34.2 Å². The molecule has 2 rings (SSSR count). The van der Waals surface area contributed by atoms with Crippen LogP contribution in [0.3, 0.4) is 0 Å². The number of carbonyl (C=O) groups excluding carboxylic acids is 1. The summed E-state index contributed by atoms with van der Waals surface area (Å²) >= 11 is 1.30. The van der Waals surface area contributed by atoms with Crippen LogP contribution in [-0.4, -0.2) is 25.1 Å². The van der Waals surface area contributed by atoms with Crippen LogP contribution in [0.2, 0.25) is 0 Å². The van der Waals surface area contributed by atoms with Crippen LogP contribution in [0.4, 0.5) is 13.2 Å². The maximum absolute atomic E-state index is 13.5. The third-order valence-electron chi connectivity index (χ3n) is 4.83. The van der Waals surface area contributed by atoms with Crippen molar-refractivity contribution in [1.29, 1.82) is 0 Å². The van der Waals surface area contributed by atoms with E-state index in [1.165, 1.54) is 18.9 Å². The molecule has 0 radical (unpaired) electrons. The molecule has 1 aromatic heterocycles. The number of alkyl halides is 3. The molecule has 0 saturated carbocycles. The van der Waals surface area contributed by atoms with Crippen molar-refractivity contribution in [2.75, 3.05) is 19.5 Å². The molecule has 0 saturated heterocycles. The van der Waals surface area contributed by atoms with Gasteiger partial charge in [-0.2, -0.15) is 13.2 Å². The minimum Gasteiger partial charge on any atom is -0.493 e. The molecule has 0 atom stereocenters. The summed E-state index contributed by atoms with van der Waals surface area (Å²) in [6, 6.07) is 2.96. The Morgan fingerprint density at radius 2 is 1.65 bits per heavy atom. The Bertz CT molecular complexity index is 895. The number of hydrogen-bond donors (Lipinski definition) is 0. The molecule has 0 N–H and O–H groups in total. The van der Waals surface area contributed by atoms with Gasteiger partial charge >= 0.3 is 11.8 Å². The van der Waals surface area contributed by atoms with Gasteiger partial charge in [0.2, 0.25) is 0 Å². The van der Waals surface area contributed by atoms with Crippen LogP contribution < -0.4 is 15.1 Å². The summed E-state index contributed by atoms with van der Waals surface area (Å²) in [6.45, 7) is 0.204. The zero-order valence-corrected chi connectivity index (χ0v) is 18.3. The SMILES string of the molecule is COc1ccc(C(F)(F)F)c2c(OCCCCCCCCCCSC=O)cc(=O)oc12. The number of benzene rings is 1. The second-order valence-corrected chi connectivity index (χ2v) is 8.02. The smallest absolute Gasteiger partial charge is 0.417 e. The molecule has 1 aromatic carbocycles. The summed E-state index contributed by atoms with van der Waals surface area (Å²) in [5.74, 6) is 0.760. The summed E-state index contributed by atoms with van der Waals surface area (Å²) in [6.07, 6.45) is 3.40. The van der Waals surface area contributed by atoms with Gasteiger partial charge in [-0.25, -0.2) is 4.79 Å². The number of rotatable bonds is 14. The summed E-state index contributed by atoms with van der Waals surface area (Å²) in [7, 11) is 1.29. The molecule has 1 heterocycles.